The third-order valence-electron chi connectivity index (χ3n) is 5.65. The van der Waals surface area contributed by atoms with E-state index in [9.17, 15) is 4.79 Å². The highest BCUT2D eigenvalue weighted by Crippen LogP contribution is 2.28. The molecular formula is C22H31N5O3. The molecule has 8 heteroatoms. The van der Waals surface area contributed by atoms with Crippen molar-refractivity contribution in [2.45, 2.75) is 26.4 Å². The first-order valence-electron chi connectivity index (χ1n) is 10.8. The third-order valence-corrected chi connectivity index (χ3v) is 5.65. The van der Waals surface area contributed by atoms with Gasteiger partial charge in [-0.25, -0.2) is 9.97 Å². The van der Waals surface area contributed by atoms with Crippen LogP contribution in [0, 0.1) is 0 Å². The van der Waals surface area contributed by atoms with Crippen LogP contribution in [-0.2, 0) is 9.53 Å². The first-order valence-corrected chi connectivity index (χ1v) is 10.8. The number of piperazine rings is 1. The van der Waals surface area contributed by atoms with Gasteiger partial charge >= 0.3 is 0 Å². The lowest BCUT2D eigenvalue weighted by atomic mass is 10.2. The van der Waals surface area contributed by atoms with Crippen LogP contribution in [0.15, 0.2) is 24.5 Å². The van der Waals surface area contributed by atoms with Crippen molar-refractivity contribution in [3.05, 3.63) is 24.5 Å². The van der Waals surface area contributed by atoms with E-state index < -0.39 is 0 Å². The molecule has 0 N–H and O–H groups in total. The number of aromatic nitrogens is 2. The van der Waals surface area contributed by atoms with Crippen molar-refractivity contribution in [3.8, 4) is 5.88 Å². The van der Waals surface area contributed by atoms with E-state index in [1.54, 1.807) is 6.33 Å². The minimum atomic E-state index is 0.0675. The Hall–Kier alpha value is -2.45. The van der Waals surface area contributed by atoms with Gasteiger partial charge in [0.25, 0.3) is 0 Å². The number of carbonyl (C=O) groups excluding carboxylic acids is 1. The topological polar surface area (TPSA) is 71.0 Å². The summed E-state index contributed by atoms with van der Waals surface area (Å²) in [5.74, 6) is 0.755. The molecule has 0 unspecified atom stereocenters. The zero-order valence-corrected chi connectivity index (χ0v) is 17.9. The summed E-state index contributed by atoms with van der Waals surface area (Å²) in [5.41, 5.74) is 2.07. The summed E-state index contributed by atoms with van der Waals surface area (Å²) in [7, 11) is 0. The number of ether oxygens (including phenoxy) is 2. The minimum absolute atomic E-state index is 0.0675. The van der Waals surface area contributed by atoms with Crippen LogP contribution in [0.25, 0.3) is 10.9 Å². The Morgan fingerprint density at radius 1 is 1.10 bits per heavy atom. The van der Waals surface area contributed by atoms with E-state index in [4.69, 9.17) is 9.47 Å². The van der Waals surface area contributed by atoms with E-state index in [0.717, 1.165) is 63.1 Å². The quantitative estimate of drug-likeness (QED) is 0.715. The first kappa shape index (κ1) is 20.8. The fourth-order valence-corrected chi connectivity index (χ4v) is 4.00. The molecule has 4 rings (SSSR count). The predicted molar refractivity (Wildman–Crippen MR) is 116 cm³/mol. The van der Waals surface area contributed by atoms with Crippen LogP contribution in [0.1, 0.15) is 20.3 Å². The molecule has 0 radical (unpaired) electrons. The van der Waals surface area contributed by atoms with Gasteiger partial charge in [-0.1, -0.05) is 0 Å². The smallest absolute Gasteiger partial charge is 0.248 e. The highest BCUT2D eigenvalue weighted by molar-refractivity contribution is 5.86. The molecule has 0 spiro atoms. The van der Waals surface area contributed by atoms with Gasteiger partial charge in [0.1, 0.15) is 12.9 Å². The Labute approximate surface area is 177 Å². The van der Waals surface area contributed by atoms with Gasteiger partial charge in [0.2, 0.25) is 11.8 Å². The van der Waals surface area contributed by atoms with E-state index in [-0.39, 0.29) is 18.6 Å². The molecule has 2 aliphatic heterocycles. The molecule has 162 valence electrons. The van der Waals surface area contributed by atoms with Gasteiger partial charge in [0, 0.05) is 58.1 Å². The number of fused-ring (bicyclic) bond motifs is 1. The molecule has 1 amide bonds. The van der Waals surface area contributed by atoms with E-state index >= 15 is 0 Å². The summed E-state index contributed by atoms with van der Waals surface area (Å²) >= 11 is 0. The van der Waals surface area contributed by atoms with Crippen molar-refractivity contribution < 1.29 is 14.3 Å². The van der Waals surface area contributed by atoms with Gasteiger partial charge in [-0.2, -0.15) is 0 Å². The van der Waals surface area contributed by atoms with Gasteiger partial charge in [-0.15, -0.1) is 0 Å². The number of rotatable bonds is 6. The lowest BCUT2D eigenvalue weighted by Crippen LogP contribution is -2.49. The molecule has 1 aromatic carbocycles. The second-order valence-electron chi connectivity index (χ2n) is 8.16. The average molecular weight is 414 g/mol. The van der Waals surface area contributed by atoms with Crippen LogP contribution >= 0.6 is 0 Å². The van der Waals surface area contributed by atoms with E-state index in [1.807, 2.05) is 24.8 Å². The summed E-state index contributed by atoms with van der Waals surface area (Å²) in [5, 5.41) is 0.952. The normalized spacial score (nSPS) is 18.8. The maximum atomic E-state index is 12.1. The zero-order valence-electron chi connectivity index (χ0n) is 17.9. The fraction of sp³-hybridized carbons (Fsp3) is 0.591. The summed E-state index contributed by atoms with van der Waals surface area (Å²) in [6, 6.07) is 6.30. The first-order chi connectivity index (χ1) is 14.6. The lowest BCUT2D eigenvalue weighted by Gasteiger charge is -2.37. The molecule has 30 heavy (non-hydrogen) atoms. The van der Waals surface area contributed by atoms with Gasteiger partial charge < -0.3 is 19.3 Å². The number of nitrogens with zero attached hydrogens (tertiary/aromatic N) is 5. The van der Waals surface area contributed by atoms with Crippen molar-refractivity contribution in [2.24, 2.45) is 0 Å². The average Bonchev–Trinajstić information content (AvgIpc) is 2.96. The van der Waals surface area contributed by atoms with Crippen molar-refractivity contribution in [1.29, 1.82) is 0 Å². The summed E-state index contributed by atoms with van der Waals surface area (Å²) < 4.78 is 11.2. The van der Waals surface area contributed by atoms with E-state index in [2.05, 4.69) is 31.9 Å². The zero-order chi connectivity index (χ0) is 20.9. The third kappa shape index (κ3) is 4.99. The van der Waals surface area contributed by atoms with E-state index in [1.165, 1.54) is 5.69 Å². The predicted octanol–water partition coefficient (Wildman–Crippen LogP) is 1.79. The van der Waals surface area contributed by atoms with Crippen LogP contribution in [0.4, 0.5) is 5.69 Å². The van der Waals surface area contributed by atoms with Crippen LogP contribution in [0.3, 0.4) is 0 Å². The summed E-state index contributed by atoms with van der Waals surface area (Å²) in [6.07, 6.45) is 2.55. The molecule has 2 fully saturated rings. The second-order valence-corrected chi connectivity index (χ2v) is 8.16. The van der Waals surface area contributed by atoms with Gasteiger partial charge in [-0.3, -0.25) is 9.69 Å². The SMILES string of the molecule is CC(C)Oc1ncnc2ccc(N3CCN(CCN4CCCOCC4=O)CC3)cc12. The van der Waals surface area contributed by atoms with Crippen LogP contribution in [0.2, 0.25) is 0 Å². The standard InChI is InChI=1S/C22H31N5O3/c1-17(2)30-22-19-14-18(4-5-20(19)23-16-24-22)26-10-7-25(8-11-26)9-12-27-6-3-13-29-15-21(27)28/h4-5,14,16-17H,3,6-13,15H2,1-2H3. The van der Waals surface area contributed by atoms with Gasteiger partial charge in [-0.05, 0) is 38.5 Å². The molecule has 0 saturated carbocycles. The molecule has 0 bridgehead atoms. The van der Waals surface area contributed by atoms with Gasteiger partial charge in [0.05, 0.1) is 17.0 Å². The molecule has 0 aliphatic carbocycles. The molecular weight excluding hydrogens is 382 g/mol. The number of hydrogen-bond acceptors (Lipinski definition) is 7. The van der Waals surface area contributed by atoms with Crippen LogP contribution in [-0.4, -0.2) is 90.8 Å². The highest BCUT2D eigenvalue weighted by Gasteiger charge is 2.21. The fourth-order valence-electron chi connectivity index (χ4n) is 4.00. The lowest BCUT2D eigenvalue weighted by molar-refractivity contribution is -0.134. The monoisotopic (exact) mass is 413 g/mol. The van der Waals surface area contributed by atoms with Crippen molar-refractivity contribution in [1.82, 2.24) is 19.8 Å². The van der Waals surface area contributed by atoms with Crippen LogP contribution in [0.5, 0.6) is 5.88 Å². The Balaban J connectivity index is 1.35. The number of anilines is 1. The number of benzene rings is 1. The number of amides is 1. The number of carbonyl (C=O) groups is 1. The van der Waals surface area contributed by atoms with E-state index in [0.29, 0.717) is 12.5 Å². The van der Waals surface area contributed by atoms with Gasteiger partial charge in [0.15, 0.2) is 0 Å². The number of hydrogen-bond donors (Lipinski definition) is 0. The molecule has 2 aromatic rings. The molecule has 2 saturated heterocycles. The Morgan fingerprint density at radius 2 is 1.93 bits per heavy atom. The molecule has 3 heterocycles. The van der Waals surface area contributed by atoms with Crippen LogP contribution < -0.4 is 9.64 Å². The second kappa shape index (κ2) is 9.57. The maximum Gasteiger partial charge on any atom is 0.248 e. The van der Waals surface area contributed by atoms with Crippen molar-refractivity contribution in [2.75, 3.05) is 63.9 Å². The Bertz CT molecular complexity index is 867. The highest BCUT2D eigenvalue weighted by atomic mass is 16.5. The molecule has 0 atom stereocenters. The maximum absolute atomic E-state index is 12.1. The van der Waals surface area contributed by atoms with Crippen molar-refractivity contribution in [3.63, 3.8) is 0 Å². The largest absolute Gasteiger partial charge is 0.474 e. The molecule has 1 aromatic heterocycles. The van der Waals surface area contributed by atoms with Crippen molar-refractivity contribution >= 4 is 22.5 Å². The summed E-state index contributed by atoms with van der Waals surface area (Å²) in [4.78, 5) is 27.6. The Kier molecular flexibility index (Phi) is 6.64. The summed E-state index contributed by atoms with van der Waals surface area (Å²) in [6.45, 7) is 11.3. The molecule has 8 nitrogen and oxygen atoms in total. The molecule has 2 aliphatic rings. The Morgan fingerprint density at radius 3 is 2.73 bits per heavy atom. The minimum Gasteiger partial charge on any atom is -0.474 e.